The van der Waals surface area contributed by atoms with Gasteiger partial charge in [0, 0.05) is 0 Å². The number of rotatable bonds is 8. The summed E-state index contributed by atoms with van der Waals surface area (Å²) in [5, 5.41) is 2.98. The smallest absolute Gasteiger partial charge is 0.261 e. The monoisotopic (exact) mass is 383 g/mol. The van der Waals surface area contributed by atoms with Gasteiger partial charge in [0.2, 0.25) is 0 Å². The van der Waals surface area contributed by atoms with Gasteiger partial charge in [-0.1, -0.05) is 57.5 Å². The van der Waals surface area contributed by atoms with E-state index in [1.807, 2.05) is 57.2 Å². The van der Waals surface area contributed by atoms with E-state index in [-0.39, 0.29) is 17.4 Å². The molecule has 4 heteroatoms. The van der Waals surface area contributed by atoms with Crippen LogP contribution < -0.4 is 14.8 Å². The molecule has 4 nitrogen and oxygen atoms in total. The number of hydrogen-bond acceptors (Lipinski definition) is 3. The number of carbonyl (C=O) groups is 1. The van der Waals surface area contributed by atoms with Crippen LogP contribution in [-0.4, -0.2) is 24.7 Å². The van der Waals surface area contributed by atoms with Gasteiger partial charge in [-0.25, -0.2) is 0 Å². The molecular formula is C24H33NO3. The lowest BCUT2D eigenvalue weighted by Crippen LogP contribution is -2.44. The summed E-state index contributed by atoms with van der Waals surface area (Å²) in [4.78, 5) is 12.6. The molecule has 0 saturated heterocycles. The van der Waals surface area contributed by atoms with Gasteiger partial charge in [-0.15, -0.1) is 0 Å². The Bertz CT molecular complexity index is 745. The van der Waals surface area contributed by atoms with Gasteiger partial charge in [0.05, 0.1) is 6.04 Å². The SMILES string of the molecule is CC[C@@H](Oc1ccc(C(C)(C)C)cc1)C(=O)N[C@H](C)COc1ccc(C)cc1. The zero-order valence-corrected chi connectivity index (χ0v) is 17.9. The largest absolute Gasteiger partial charge is 0.491 e. The summed E-state index contributed by atoms with van der Waals surface area (Å²) in [6.45, 7) is 12.8. The molecule has 0 fully saturated rings. The van der Waals surface area contributed by atoms with E-state index in [9.17, 15) is 4.79 Å². The Hall–Kier alpha value is -2.49. The number of ether oxygens (including phenoxy) is 2. The molecule has 0 aliphatic carbocycles. The summed E-state index contributed by atoms with van der Waals surface area (Å²) in [5.41, 5.74) is 2.51. The molecule has 28 heavy (non-hydrogen) atoms. The molecule has 0 heterocycles. The Morgan fingerprint density at radius 3 is 2.11 bits per heavy atom. The van der Waals surface area contributed by atoms with Gasteiger partial charge < -0.3 is 14.8 Å². The average Bonchev–Trinajstić information content (AvgIpc) is 2.65. The maximum absolute atomic E-state index is 12.6. The van der Waals surface area contributed by atoms with Gasteiger partial charge in [-0.05, 0) is 55.5 Å². The van der Waals surface area contributed by atoms with Gasteiger partial charge in [-0.2, -0.15) is 0 Å². The number of aryl methyl sites for hydroxylation is 1. The first kappa shape index (κ1) is 21.8. The van der Waals surface area contributed by atoms with Gasteiger partial charge >= 0.3 is 0 Å². The van der Waals surface area contributed by atoms with E-state index in [0.717, 1.165) is 5.75 Å². The quantitative estimate of drug-likeness (QED) is 0.695. The van der Waals surface area contributed by atoms with E-state index < -0.39 is 6.10 Å². The summed E-state index contributed by atoms with van der Waals surface area (Å²) < 4.78 is 11.7. The van der Waals surface area contributed by atoms with Crippen LogP contribution in [0.5, 0.6) is 11.5 Å². The molecule has 2 rings (SSSR count). The minimum atomic E-state index is -0.526. The molecule has 152 valence electrons. The Balaban J connectivity index is 1.87. The lowest BCUT2D eigenvalue weighted by atomic mass is 9.87. The highest BCUT2D eigenvalue weighted by molar-refractivity contribution is 5.81. The fourth-order valence-corrected chi connectivity index (χ4v) is 2.75. The van der Waals surface area contributed by atoms with Crippen molar-refractivity contribution in [2.24, 2.45) is 0 Å². The Labute approximate surface area is 169 Å². The van der Waals surface area contributed by atoms with Gasteiger partial charge in [0.15, 0.2) is 6.10 Å². The lowest BCUT2D eigenvalue weighted by Gasteiger charge is -2.22. The molecule has 1 amide bonds. The van der Waals surface area contributed by atoms with Crippen LogP contribution in [0.3, 0.4) is 0 Å². The van der Waals surface area contributed by atoms with E-state index in [1.165, 1.54) is 11.1 Å². The first-order valence-electron chi connectivity index (χ1n) is 9.96. The van der Waals surface area contributed by atoms with Crippen LogP contribution in [0.1, 0.15) is 52.2 Å². The molecule has 2 atom stereocenters. The fraction of sp³-hybridized carbons (Fsp3) is 0.458. The van der Waals surface area contributed by atoms with Crippen LogP contribution in [0.2, 0.25) is 0 Å². The van der Waals surface area contributed by atoms with Crippen molar-refractivity contribution in [3.63, 3.8) is 0 Å². The van der Waals surface area contributed by atoms with Crippen molar-refractivity contribution in [2.75, 3.05) is 6.61 Å². The van der Waals surface area contributed by atoms with E-state index >= 15 is 0 Å². The zero-order chi connectivity index (χ0) is 20.7. The van der Waals surface area contributed by atoms with Crippen molar-refractivity contribution >= 4 is 5.91 Å². The molecule has 0 aliphatic heterocycles. The molecule has 0 saturated carbocycles. The zero-order valence-electron chi connectivity index (χ0n) is 17.9. The summed E-state index contributed by atoms with van der Waals surface area (Å²) in [6, 6.07) is 15.7. The highest BCUT2D eigenvalue weighted by Crippen LogP contribution is 2.25. The Morgan fingerprint density at radius 2 is 1.57 bits per heavy atom. The number of amides is 1. The third-order valence-corrected chi connectivity index (χ3v) is 4.57. The van der Waals surface area contributed by atoms with Crippen molar-refractivity contribution in [1.82, 2.24) is 5.32 Å². The first-order chi connectivity index (χ1) is 13.2. The molecule has 0 spiro atoms. The minimum Gasteiger partial charge on any atom is -0.491 e. The maximum Gasteiger partial charge on any atom is 0.261 e. The molecule has 2 aromatic carbocycles. The van der Waals surface area contributed by atoms with Gasteiger partial charge in [-0.3, -0.25) is 4.79 Å². The summed E-state index contributed by atoms with van der Waals surface area (Å²) in [6.07, 6.45) is 0.0700. The van der Waals surface area contributed by atoms with Crippen molar-refractivity contribution in [3.8, 4) is 11.5 Å². The van der Waals surface area contributed by atoms with Crippen LogP contribution in [-0.2, 0) is 10.2 Å². The summed E-state index contributed by atoms with van der Waals surface area (Å²) in [7, 11) is 0. The first-order valence-corrected chi connectivity index (χ1v) is 9.96. The molecule has 0 bridgehead atoms. The Kier molecular flexibility index (Phi) is 7.50. The second-order valence-corrected chi connectivity index (χ2v) is 8.32. The van der Waals surface area contributed by atoms with Crippen molar-refractivity contribution in [1.29, 1.82) is 0 Å². The fourth-order valence-electron chi connectivity index (χ4n) is 2.75. The molecule has 1 N–H and O–H groups in total. The van der Waals surface area contributed by atoms with Gasteiger partial charge in [0.25, 0.3) is 5.91 Å². The summed E-state index contributed by atoms with van der Waals surface area (Å²) >= 11 is 0. The second-order valence-electron chi connectivity index (χ2n) is 8.32. The number of nitrogens with one attached hydrogen (secondary N) is 1. The van der Waals surface area contributed by atoms with Crippen molar-refractivity contribution in [2.45, 2.75) is 65.5 Å². The van der Waals surface area contributed by atoms with E-state index in [4.69, 9.17) is 9.47 Å². The molecule has 0 aromatic heterocycles. The predicted molar refractivity (Wildman–Crippen MR) is 114 cm³/mol. The van der Waals surface area contributed by atoms with Crippen molar-refractivity contribution in [3.05, 3.63) is 59.7 Å². The number of hydrogen-bond donors (Lipinski definition) is 1. The highest BCUT2D eigenvalue weighted by Gasteiger charge is 2.21. The molecule has 0 radical (unpaired) electrons. The predicted octanol–water partition coefficient (Wildman–Crippen LogP) is 5.03. The number of carbonyl (C=O) groups excluding carboxylic acids is 1. The third kappa shape index (κ3) is 6.59. The standard InChI is InChI=1S/C24H33NO3/c1-7-22(28-21-14-10-19(11-15-21)24(4,5)6)23(26)25-18(3)16-27-20-12-8-17(2)9-13-20/h8-15,18,22H,7,16H2,1-6H3,(H,25,26)/t18-,22-/m1/s1. The molecule has 2 aromatic rings. The van der Waals surface area contributed by atoms with Crippen LogP contribution in [0, 0.1) is 6.92 Å². The lowest BCUT2D eigenvalue weighted by molar-refractivity contribution is -0.128. The van der Waals surface area contributed by atoms with E-state index in [0.29, 0.717) is 18.8 Å². The maximum atomic E-state index is 12.6. The van der Waals surface area contributed by atoms with Crippen LogP contribution in [0.4, 0.5) is 0 Å². The average molecular weight is 384 g/mol. The Morgan fingerprint density at radius 1 is 1.00 bits per heavy atom. The van der Waals surface area contributed by atoms with E-state index in [2.05, 4.69) is 38.2 Å². The second kappa shape index (κ2) is 9.63. The van der Waals surface area contributed by atoms with Crippen LogP contribution in [0.25, 0.3) is 0 Å². The van der Waals surface area contributed by atoms with E-state index in [1.54, 1.807) is 0 Å². The van der Waals surface area contributed by atoms with Crippen LogP contribution >= 0.6 is 0 Å². The normalized spacial score (nSPS) is 13.5. The van der Waals surface area contributed by atoms with Crippen LogP contribution in [0.15, 0.2) is 48.5 Å². The third-order valence-electron chi connectivity index (χ3n) is 4.57. The topological polar surface area (TPSA) is 47.6 Å². The van der Waals surface area contributed by atoms with Gasteiger partial charge in [0.1, 0.15) is 18.1 Å². The molecule has 0 unspecified atom stereocenters. The minimum absolute atomic E-state index is 0.0902. The molecule has 0 aliphatic rings. The summed E-state index contributed by atoms with van der Waals surface area (Å²) in [5.74, 6) is 1.38. The highest BCUT2D eigenvalue weighted by atomic mass is 16.5. The molecular weight excluding hydrogens is 350 g/mol. The number of benzene rings is 2. The van der Waals surface area contributed by atoms with Crippen molar-refractivity contribution < 1.29 is 14.3 Å².